The molecule has 6 aromatic carbocycles. The highest BCUT2D eigenvalue weighted by atomic mass is 16.7. The van der Waals surface area contributed by atoms with Crippen molar-refractivity contribution in [2.45, 2.75) is 39.3 Å². The van der Waals surface area contributed by atoms with Crippen molar-refractivity contribution in [1.82, 2.24) is 15.5 Å². The van der Waals surface area contributed by atoms with Crippen molar-refractivity contribution >= 4 is 29.6 Å². The lowest BCUT2D eigenvalue weighted by molar-refractivity contribution is -0.198. The Morgan fingerprint density at radius 2 is 0.885 bits per heavy atom. The number of benzene rings is 6. The van der Waals surface area contributed by atoms with Gasteiger partial charge in [-0.2, -0.15) is 0 Å². The van der Waals surface area contributed by atoms with Crippen LogP contribution in [0, 0.1) is 0 Å². The van der Waals surface area contributed by atoms with E-state index in [-0.39, 0.29) is 73.4 Å². The van der Waals surface area contributed by atoms with Gasteiger partial charge >= 0.3 is 5.97 Å². The predicted octanol–water partition coefficient (Wildman–Crippen LogP) is 7.40. The standard InChI is InChI=1S/C48H41N3O10/c52-42-27-28-43(53)51(42)61-44(54)29-50(48(56)39-24-14-26-41(58-31-35-17-7-2-8-18-35)46(39)60-33-37-21-11-4-12-22-37)49-47(55)38-23-13-25-40(57-30-34-15-5-1-6-16-34)45(38)59-32-36-19-9-3-10-20-36/h1-26H,27-33H2,(H,49,55). The number of carbonyl (C=O) groups excluding carboxylic acids is 5. The van der Waals surface area contributed by atoms with E-state index >= 15 is 0 Å². The fraction of sp³-hybridized carbons (Fsp3) is 0.146. The number of hydrazine groups is 1. The molecule has 0 radical (unpaired) electrons. The van der Waals surface area contributed by atoms with Gasteiger partial charge < -0.3 is 23.8 Å². The number of rotatable bonds is 17. The summed E-state index contributed by atoms with van der Waals surface area (Å²) in [7, 11) is 0. The number of para-hydroxylation sites is 2. The van der Waals surface area contributed by atoms with E-state index < -0.39 is 36.1 Å². The van der Waals surface area contributed by atoms with E-state index in [4.69, 9.17) is 23.8 Å². The molecule has 4 amide bonds. The molecule has 1 saturated heterocycles. The van der Waals surface area contributed by atoms with Gasteiger partial charge in [0.2, 0.25) is 0 Å². The first-order chi connectivity index (χ1) is 29.8. The first-order valence-corrected chi connectivity index (χ1v) is 19.4. The molecule has 0 spiro atoms. The first-order valence-electron chi connectivity index (χ1n) is 19.4. The number of amides is 4. The number of nitrogens with zero attached hydrogens (tertiary/aromatic N) is 2. The third-order valence-electron chi connectivity index (χ3n) is 9.33. The molecule has 308 valence electrons. The second kappa shape index (κ2) is 20.2. The average Bonchev–Trinajstić information content (AvgIpc) is 3.61. The molecule has 1 aliphatic rings. The van der Waals surface area contributed by atoms with Gasteiger partial charge in [0, 0.05) is 12.8 Å². The van der Waals surface area contributed by atoms with E-state index in [0.717, 1.165) is 27.3 Å². The van der Waals surface area contributed by atoms with Gasteiger partial charge in [0.05, 0.1) is 11.1 Å². The van der Waals surface area contributed by atoms with Crippen LogP contribution in [0.4, 0.5) is 0 Å². The molecule has 0 atom stereocenters. The van der Waals surface area contributed by atoms with E-state index in [1.807, 2.05) is 121 Å². The number of nitrogens with one attached hydrogen (secondary N) is 1. The van der Waals surface area contributed by atoms with Gasteiger partial charge in [-0.25, -0.2) is 9.80 Å². The molecular weight excluding hydrogens is 779 g/mol. The Kier molecular flexibility index (Phi) is 13.6. The molecule has 7 rings (SSSR count). The minimum Gasteiger partial charge on any atom is -0.485 e. The van der Waals surface area contributed by atoms with Crippen LogP contribution in [-0.4, -0.2) is 46.2 Å². The average molecular weight is 820 g/mol. The Morgan fingerprint density at radius 1 is 0.492 bits per heavy atom. The lowest BCUT2D eigenvalue weighted by Gasteiger charge is -2.25. The zero-order chi connectivity index (χ0) is 42.4. The minimum atomic E-state index is -1.18. The number of carbonyl (C=O) groups is 5. The van der Waals surface area contributed by atoms with E-state index in [0.29, 0.717) is 5.06 Å². The molecule has 6 aromatic rings. The molecule has 0 aliphatic carbocycles. The van der Waals surface area contributed by atoms with Gasteiger partial charge in [-0.15, -0.1) is 5.06 Å². The van der Waals surface area contributed by atoms with Gasteiger partial charge in [-0.05, 0) is 46.5 Å². The van der Waals surface area contributed by atoms with Gasteiger partial charge in [0.25, 0.3) is 23.6 Å². The van der Waals surface area contributed by atoms with E-state index in [1.54, 1.807) is 24.3 Å². The monoisotopic (exact) mass is 819 g/mol. The molecule has 0 unspecified atom stereocenters. The number of hydrogen-bond acceptors (Lipinski definition) is 10. The molecule has 0 bridgehead atoms. The van der Waals surface area contributed by atoms with Crippen LogP contribution in [0.25, 0.3) is 0 Å². The Labute approximate surface area is 351 Å². The van der Waals surface area contributed by atoms with Gasteiger partial charge in [-0.3, -0.25) is 24.6 Å². The molecule has 1 fully saturated rings. The maximum absolute atomic E-state index is 14.8. The molecule has 0 aromatic heterocycles. The zero-order valence-electron chi connectivity index (χ0n) is 32.9. The zero-order valence-corrected chi connectivity index (χ0v) is 32.9. The molecule has 13 heteroatoms. The van der Waals surface area contributed by atoms with Crippen LogP contribution in [0.15, 0.2) is 158 Å². The van der Waals surface area contributed by atoms with Gasteiger partial charge in [0.15, 0.2) is 23.0 Å². The van der Waals surface area contributed by atoms with E-state index in [2.05, 4.69) is 5.43 Å². The van der Waals surface area contributed by atoms with Crippen molar-refractivity contribution in [2.75, 3.05) is 6.54 Å². The number of hydroxylamine groups is 2. The number of imide groups is 1. The highest BCUT2D eigenvalue weighted by Crippen LogP contribution is 2.35. The Balaban J connectivity index is 1.22. The summed E-state index contributed by atoms with van der Waals surface area (Å²) in [6, 6.07) is 46.8. The molecule has 1 heterocycles. The summed E-state index contributed by atoms with van der Waals surface area (Å²) >= 11 is 0. The topological polar surface area (TPSA) is 150 Å². The summed E-state index contributed by atoms with van der Waals surface area (Å²) < 4.78 is 24.9. The molecule has 1 aliphatic heterocycles. The highest BCUT2D eigenvalue weighted by molar-refractivity contribution is 6.04. The van der Waals surface area contributed by atoms with Crippen molar-refractivity contribution in [3.63, 3.8) is 0 Å². The molecule has 61 heavy (non-hydrogen) atoms. The summed E-state index contributed by atoms with van der Waals surface area (Å²) in [6.07, 6.45) is -0.282. The van der Waals surface area contributed by atoms with Crippen molar-refractivity contribution in [3.8, 4) is 23.0 Å². The maximum Gasteiger partial charge on any atom is 0.354 e. The van der Waals surface area contributed by atoms with E-state index in [1.165, 1.54) is 12.1 Å². The van der Waals surface area contributed by atoms with Crippen LogP contribution < -0.4 is 24.4 Å². The molecule has 1 N–H and O–H groups in total. The summed E-state index contributed by atoms with van der Waals surface area (Å²) in [6.45, 7) is -0.527. The van der Waals surface area contributed by atoms with Crippen LogP contribution in [-0.2, 0) is 45.6 Å². The van der Waals surface area contributed by atoms with Crippen molar-refractivity contribution in [1.29, 1.82) is 0 Å². The van der Waals surface area contributed by atoms with Crippen LogP contribution in [0.5, 0.6) is 23.0 Å². The molecule has 13 nitrogen and oxygen atoms in total. The van der Waals surface area contributed by atoms with Crippen LogP contribution in [0.3, 0.4) is 0 Å². The van der Waals surface area contributed by atoms with Crippen LogP contribution in [0.2, 0.25) is 0 Å². The van der Waals surface area contributed by atoms with E-state index in [9.17, 15) is 24.0 Å². The SMILES string of the molecule is O=C(CN(NC(=O)c1cccc(OCc2ccccc2)c1OCc1ccccc1)C(=O)c1cccc(OCc2ccccc2)c1OCc1ccccc1)ON1C(=O)CCC1=O. The summed E-state index contributed by atoms with van der Waals surface area (Å²) in [5, 5.41) is 1.09. The van der Waals surface area contributed by atoms with Crippen molar-refractivity contribution in [3.05, 3.63) is 191 Å². The smallest absolute Gasteiger partial charge is 0.354 e. The van der Waals surface area contributed by atoms with Crippen molar-refractivity contribution < 1.29 is 47.8 Å². The summed E-state index contributed by atoms with van der Waals surface area (Å²) in [4.78, 5) is 72.5. The largest absolute Gasteiger partial charge is 0.485 e. The fourth-order valence-corrected chi connectivity index (χ4v) is 6.24. The Hall–Kier alpha value is -7.93. The Bertz CT molecular complexity index is 2450. The number of ether oxygens (including phenoxy) is 4. The fourth-order valence-electron chi connectivity index (χ4n) is 6.24. The summed E-state index contributed by atoms with van der Waals surface area (Å²) in [5.41, 5.74) is 5.78. The Morgan fingerprint density at radius 3 is 1.33 bits per heavy atom. The van der Waals surface area contributed by atoms with Crippen LogP contribution in [0.1, 0.15) is 55.8 Å². The molecular formula is C48H41N3O10. The third kappa shape index (κ3) is 11.0. The maximum atomic E-state index is 14.8. The van der Waals surface area contributed by atoms with Gasteiger partial charge in [-0.1, -0.05) is 133 Å². The normalized spacial score (nSPS) is 12.0. The van der Waals surface area contributed by atoms with Gasteiger partial charge in [0.1, 0.15) is 33.0 Å². The third-order valence-corrected chi connectivity index (χ3v) is 9.33. The second-order valence-electron chi connectivity index (χ2n) is 13.7. The highest BCUT2D eigenvalue weighted by Gasteiger charge is 2.35. The summed E-state index contributed by atoms with van der Waals surface area (Å²) in [5.74, 6) is -3.80. The predicted molar refractivity (Wildman–Crippen MR) is 222 cm³/mol. The quantitative estimate of drug-likeness (QED) is 0.0729. The van der Waals surface area contributed by atoms with Crippen molar-refractivity contribution in [2.24, 2.45) is 0 Å². The lowest BCUT2D eigenvalue weighted by Crippen LogP contribution is -2.50. The first kappa shape index (κ1) is 41.2. The van der Waals surface area contributed by atoms with Crippen LogP contribution >= 0.6 is 0 Å². The molecule has 0 saturated carbocycles. The lowest BCUT2D eigenvalue weighted by atomic mass is 10.1. The second-order valence-corrected chi connectivity index (χ2v) is 13.7. The minimum absolute atomic E-state index is 0.0296. The number of hydrogen-bond donors (Lipinski definition) is 1.